The maximum atomic E-state index is 6.12. The van der Waals surface area contributed by atoms with Gasteiger partial charge >= 0.3 is 0 Å². The summed E-state index contributed by atoms with van der Waals surface area (Å²) in [5.41, 5.74) is 2.21. The van der Waals surface area contributed by atoms with Crippen LogP contribution in [-0.4, -0.2) is 7.05 Å². The molecule has 3 aromatic carbocycles. The quantitative estimate of drug-likeness (QED) is 0.570. The average Bonchev–Trinajstić information content (AvgIpc) is 2.47. The Morgan fingerprint density at radius 2 is 1.58 bits per heavy atom. The van der Waals surface area contributed by atoms with Crippen molar-refractivity contribution in [1.82, 2.24) is 0 Å². The molecule has 1 aliphatic rings. The van der Waals surface area contributed by atoms with Crippen molar-refractivity contribution in [3.05, 3.63) is 60.7 Å². The molecule has 2 nitrogen and oxygen atoms in total. The molecular formula is C17H13NO. The van der Waals surface area contributed by atoms with Gasteiger partial charge in [-0.05, 0) is 23.6 Å². The molecule has 4 rings (SSSR count). The zero-order valence-corrected chi connectivity index (χ0v) is 10.6. The Balaban J connectivity index is 2.02. The predicted octanol–water partition coefficient (Wildman–Crippen LogP) is 4.71. The van der Waals surface area contributed by atoms with E-state index in [2.05, 4.69) is 48.3 Å². The summed E-state index contributed by atoms with van der Waals surface area (Å²) in [6, 6.07) is 20.7. The van der Waals surface area contributed by atoms with Gasteiger partial charge in [-0.15, -0.1) is 0 Å². The zero-order valence-electron chi connectivity index (χ0n) is 10.6. The zero-order chi connectivity index (χ0) is 12.8. The first kappa shape index (κ1) is 10.4. The Morgan fingerprint density at radius 1 is 0.789 bits per heavy atom. The van der Waals surface area contributed by atoms with E-state index in [1.165, 1.54) is 5.39 Å². The second kappa shape index (κ2) is 3.75. The van der Waals surface area contributed by atoms with Crippen molar-refractivity contribution in [1.29, 1.82) is 0 Å². The third-order valence-corrected chi connectivity index (χ3v) is 3.66. The first-order valence-corrected chi connectivity index (χ1v) is 6.37. The Kier molecular flexibility index (Phi) is 2.06. The highest BCUT2D eigenvalue weighted by Gasteiger charge is 2.22. The summed E-state index contributed by atoms with van der Waals surface area (Å²) in [6.45, 7) is 0. The van der Waals surface area contributed by atoms with Crippen LogP contribution in [0.15, 0.2) is 60.7 Å². The van der Waals surface area contributed by atoms with Crippen LogP contribution in [0.1, 0.15) is 0 Å². The van der Waals surface area contributed by atoms with Gasteiger partial charge < -0.3 is 9.64 Å². The van der Waals surface area contributed by atoms with Gasteiger partial charge in [0.15, 0.2) is 11.5 Å². The lowest BCUT2D eigenvalue weighted by atomic mass is 10.1. The number of rotatable bonds is 0. The summed E-state index contributed by atoms with van der Waals surface area (Å²) < 4.78 is 6.12. The Labute approximate surface area is 111 Å². The number of hydrogen-bond donors (Lipinski definition) is 0. The normalized spacial score (nSPS) is 12.8. The van der Waals surface area contributed by atoms with Crippen molar-refractivity contribution in [3.8, 4) is 11.5 Å². The Hall–Kier alpha value is -2.48. The third-order valence-electron chi connectivity index (χ3n) is 3.66. The molecule has 1 heterocycles. The minimum atomic E-state index is 0.911. The molecule has 0 N–H and O–H groups in total. The van der Waals surface area contributed by atoms with E-state index in [4.69, 9.17) is 4.74 Å². The highest BCUT2D eigenvalue weighted by Crippen LogP contribution is 2.48. The number of anilines is 2. The van der Waals surface area contributed by atoms with Crippen molar-refractivity contribution >= 4 is 22.1 Å². The van der Waals surface area contributed by atoms with Crippen LogP contribution in [0.2, 0.25) is 0 Å². The van der Waals surface area contributed by atoms with E-state index in [1.807, 2.05) is 24.3 Å². The monoisotopic (exact) mass is 247 g/mol. The summed E-state index contributed by atoms with van der Waals surface area (Å²) >= 11 is 0. The molecule has 3 aromatic rings. The molecule has 1 aliphatic heterocycles. The summed E-state index contributed by atoms with van der Waals surface area (Å²) in [7, 11) is 2.08. The molecule has 0 radical (unpaired) electrons. The molecule has 0 amide bonds. The number of fused-ring (bicyclic) bond motifs is 4. The van der Waals surface area contributed by atoms with Gasteiger partial charge in [0.25, 0.3) is 0 Å². The highest BCUT2D eigenvalue weighted by molar-refractivity contribution is 5.96. The number of para-hydroxylation sites is 2. The van der Waals surface area contributed by atoms with Crippen LogP contribution >= 0.6 is 0 Å². The number of benzene rings is 3. The second-order valence-electron chi connectivity index (χ2n) is 4.76. The van der Waals surface area contributed by atoms with Crippen molar-refractivity contribution in [2.24, 2.45) is 0 Å². The van der Waals surface area contributed by atoms with E-state index in [0.29, 0.717) is 0 Å². The van der Waals surface area contributed by atoms with Crippen LogP contribution in [-0.2, 0) is 0 Å². The van der Waals surface area contributed by atoms with Crippen LogP contribution in [0.5, 0.6) is 11.5 Å². The fraction of sp³-hybridized carbons (Fsp3) is 0.0588. The van der Waals surface area contributed by atoms with Gasteiger partial charge in [-0.25, -0.2) is 0 Å². The molecule has 92 valence electrons. The maximum Gasteiger partial charge on any atom is 0.158 e. The summed E-state index contributed by atoms with van der Waals surface area (Å²) in [4.78, 5) is 2.18. The summed E-state index contributed by atoms with van der Waals surface area (Å²) in [5.74, 6) is 1.85. The minimum absolute atomic E-state index is 0.911. The van der Waals surface area contributed by atoms with Gasteiger partial charge in [0.2, 0.25) is 0 Å². The van der Waals surface area contributed by atoms with Crippen LogP contribution in [0, 0.1) is 0 Å². The average molecular weight is 247 g/mol. The van der Waals surface area contributed by atoms with Gasteiger partial charge in [-0.1, -0.05) is 42.5 Å². The second-order valence-corrected chi connectivity index (χ2v) is 4.76. The Bertz CT molecular complexity index is 779. The molecule has 0 aliphatic carbocycles. The van der Waals surface area contributed by atoms with Gasteiger partial charge in [0.1, 0.15) is 0 Å². The van der Waals surface area contributed by atoms with E-state index in [-0.39, 0.29) is 0 Å². The van der Waals surface area contributed by atoms with Crippen molar-refractivity contribution in [2.75, 3.05) is 11.9 Å². The first-order chi connectivity index (χ1) is 9.34. The molecule has 0 spiro atoms. The smallest absolute Gasteiger partial charge is 0.158 e. The standard InChI is InChI=1S/C17H13NO/c1-18-14-8-4-5-9-16(14)19-17-13-7-3-2-6-12(13)10-11-15(17)18/h2-11H,1H3. The molecule has 0 atom stereocenters. The predicted molar refractivity (Wildman–Crippen MR) is 78.5 cm³/mol. The van der Waals surface area contributed by atoms with E-state index >= 15 is 0 Å². The van der Waals surface area contributed by atoms with Crippen molar-refractivity contribution in [3.63, 3.8) is 0 Å². The summed E-state index contributed by atoms with van der Waals surface area (Å²) in [5, 5.41) is 2.36. The summed E-state index contributed by atoms with van der Waals surface area (Å²) in [6.07, 6.45) is 0. The van der Waals surface area contributed by atoms with E-state index in [1.54, 1.807) is 0 Å². The number of ether oxygens (including phenoxy) is 1. The molecule has 19 heavy (non-hydrogen) atoms. The van der Waals surface area contributed by atoms with E-state index in [0.717, 1.165) is 28.3 Å². The van der Waals surface area contributed by atoms with Crippen molar-refractivity contribution < 1.29 is 4.74 Å². The highest BCUT2D eigenvalue weighted by atomic mass is 16.5. The molecule has 2 heteroatoms. The number of hydrogen-bond acceptors (Lipinski definition) is 2. The molecule has 0 saturated heterocycles. The van der Waals surface area contributed by atoms with Gasteiger partial charge in [0.05, 0.1) is 11.4 Å². The van der Waals surface area contributed by atoms with Crippen LogP contribution in [0.25, 0.3) is 10.8 Å². The third kappa shape index (κ3) is 1.43. The SMILES string of the molecule is CN1c2ccccc2Oc2c1ccc1ccccc21. The van der Waals surface area contributed by atoms with Crippen LogP contribution in [0.3, 0.4) is 0 Å². The molecule has 0 bridgehead atoms. The first-order valence-electron chi connectivity index (χ1n) is 6.37. The lowest BCUT2D eigenvalue weighted by Crippen LogP contribution is -2.15. The topological polar surface area (TPSA) is 12.5 Å². The van der Waals surface area contributed by atoms with E-state index in [9.17, 15) is 0 Å². The lowest BCUT2D eigenvalue weighted by molar-refractivity contribution is 0.481. The molecule has 0 fully saturated rings. The van der Waals surface area contributed by atoms with Gasteiger partial charge in [0, 0.05) is 12.4 Å². The van der Waals surface area contributed by atoms with Crippen LogP contribution < -0.4 is 9.64 Å². The Morgan fingerprint density at radius 3 is 2.53 bits per heavy atom. The molecular weight excluding hydrogens is 234 g/mol. The van der Waals surface area contributed by atoms with Crippen LogP contribution in [0.4, 0.5) is 11.4 Å². The fourth-order valence-electron chi connectivity index (χ4n) is 2.66. The van der Waals surface area contributed by atoms with Crippen molar-refractivity contribution in [2.45, 2.75) is 0 Å². The lowest BCUT2D eigenvalue weighted by Gasteiger charge is -2.30. The van der Waals surface area contributed by atoms with E-state index < -0.39 is 0 Å². The minimum Gasteiger partial charge on any atom is -0.452 e. The number of nitrogens with zero attached hydrogens (tertiary/aromatic N) is 1. The fourth-order valence-corrected chi connectivity index (χ4v) is 2.66. The molecule has 0 saturated carbocycles. The largest absolute Gasteiger partial charge is 0.452 e. The van der Waals surface area contributed by atoms with Gasteiger partial charge in [-0.2, -0.15) is 0 Å². The molecule has 0 aromatic heterocycles. The molecule has 0 unspecified atom stereocenters. The maximum absolute atomic E-state index is 6.12. The van der Waals surface area contributed by atoms with Gasteiger partial charge in [-0.3, -0.25) is 0 Å².